The van der Waals surface area contributed by atoms with Gasteiger partial charge in [0.2, 0.25) is 5.91 Å². The van der Waals surface area contributed by atoms with Crippen molar-refractivity contribution in [2.24, 2.45) is 0 Å². The summed E-state index contributed by atoms with van der Waals surface area (Å²) < 4.78 is 15.9. The number of hydrogen-bond acceptors (Lipinski definition) is 7. The zero-order valence-electron chi connectivity index (χ0n) is 22.7. The predicted molar refractivity (Wildman–Crippen MR) is 159 cm³/mol. The van der Waals surface area contributed by atoms with E-state index in [1.165, 1.54) is 38.3 Å². The molecule has 1 unspecified atom stereocenters. The largest absolute Gasteiger partial charge is 0.497 e. The van der Waals surface area contributed by atoms with Crippen LogP contribution in [0, 0.1) is 0 Å². The van der Waals surface area contributed by atoms with Crippen LogP contribution in [-0.4, -0.2) is 37.2 Å². The molecule has 0 aliphatic carbocycles. The lowest BCUT2D eigenvalue weighted by molar-refractivity contribution is -0.115. The van der Waals surface area contributed by atoms with E-state index in [0.717, 1.165) is 4.90 Å². The lowest BCUT2D eigenvalue weighted by Crippen LogP contribution is -2.30. The van der Waals surface area contributed by atoms with E-state index in [1.807, 2.05) is 6.07 Å². The van der Waals surface area contributed by atoms with Crippen LogP contribution >= 0.6 is 11.8 Å². The Morgan fingerprint density at radius 3 is 2.22 bits per heavy atom. The van der Waals surface area contributed by atoms with E-state index in [0.29, 0.717) is 34.2 Å². The van der Waals surface area contributed by atoms with Gasteiger partial charge in [0.25, 0.3) is 11.8 Å². The molecule has 0 saturated carbocycles. The number of benzene rings is 3. The molecule has 10 heteroatoms. The number of ether oxygens (including phenoxy) is 2. The Kier molecular flexibility index (Phi) is 9.85. The van der Waals surface area contributed by atoms with Gasteiger partial charge in [-0.25, -0.2) is 0 Å². The minimum Gasteiger partial charge on any atom is -0.497 e. The molecule has 1 aromatic heterocycles. The van der Waals surface area contributed by atoms with Crippen LogP contribution < -0.4 is 25.4 Å². The van der Waals surface area contributed by atoms with Crippen molar-refractivity contribution < 1.29 is 28.3 Å². The Labute approximate surface area is 241 Å². The van der Waals surface area contributed by atoms with Gasteiger partial charge in [-0.3, -0.25) is 14.4 Å². The van der Waals surface area contributed by atoms with Crippen LogP contribution in [0.5, 0.6) is 11.5 Å². The van der Waals surface area contributed by atoms with Crippen molar-refractivity contribution in [2.75, 3.05) is 24.9 Å². The molecule has 0 spiro atoms. The van der Waals surface area contributed by atoms with Crippen molar-refractivity contribution >= 4 is 46.9 Å². The fourth-order valence-corrected chi connectivity index (χ4v) is 4.61. The first kappa shape index (κ1) is 29.0. The van der Waals surface area contributed by atoms with Gasteiger partial charge in [-0.05, 0) is 49.4 Å². The molecule has 41 heavy (non-hydrogen) atoms. The smallest absolute Gasteiger partial charge is 0.272 e. The summed E-state index contributed by atoms with van der Waals surface area (Å²) >= 11 is 1.33. The minimum atomic E-state index is -0.536. The molecule has 4 rings (SSSR count). The highest BCUT2D eigenvalue weighted by Gasteiger charge is 2.18. The summed E-state index contributed by atoms with van der Waals surface area (Å²) in [5.41, 5.74) is 1.45. The van der Waals surface area contributed by atoms with Crippen LogP contribution in [0.3, 0.4) is 0 Å². The van der Waals surface area contributed by atoms with E-state index >= 15 is 0 Å². The topological polar surface area (TPSA) is 119 Å². The van der Waals surface area contributed by atoms with Crippen LogP contribution in [0.25, 0.3) is 6.08 Å². The normalized spacial score (nSPS) is 11.7. The monoisotopic (exact) mass is 571 g/mol. The molecule has 3 N–H and O–H groups in total. The van der Waals surface area contributed by atoms with Gasteiger partial charge < -0.3 is 29.8 Å². The van der Waals surface area contributed by atoms with Crippen LogP contribution in [0.4, 0.5) is 11.4 Å². The van der Waals surface area contributed by atoms with Crippen molar-refractivity contribution in [2.45, 2.75) is 17.1 Å². The molecule has 9 nitrogen and oxygen atoms in total. The van der Waals surface area contributed by atoms with Crippen molar-refractivity contribution in [3.05, 3.63) is 108 Å². The molecular formula is C31H29N3O6S. The highest BCUT2D eigenvalue weighted by Crippen LogP contribution is 2.29. The van der Waals surface area contributed by atoms with Gasteiger partial charge in [-0.2, -0.15) is 0 Å². The zero-order chi connectivity index (χ0) is 29.2. The Morgan fingerprint density at radius 1 is 0.829 bits per heavy atom. The highest BCUT2D eigenvalue weighted by molar-refractivity contribution is 8.00. The van der Waals surface area contributed by atoms with E-state index < -0.39 is 17.1 Å². The van der Waals surface area contributed by atoms with E-state index in [4.69, 9.17) is 13.9 Å². The fourth-order valence-electron chi connectivity index (χ4n) is 3.68. The fraction of sp³-hybridized carbons (Fsp3) is 0.129. The standard InChI is InChI=1S/C31H29N3O6S/c1-20(29(35)33-23-15-25(38-2)18-26(16-23)39-3)41-27-13-7-11-22(17-27)32-31(37)28(19-24-12-8-14-40-24)34-30(36)21-9-5-4-6-10-21/h4-20H,1-3H3,(H,32,37)(H,33,35)(H,34,36)/b28-19-. The summed E-state index contributed by atoms with van der Waals surface area (Å²) in [5.74, 6) is 0.336. The van der Waals surface area contributed by atoms with Crippen LogP contribution in [0.15, 0.2) is 106 Å². The van der Waals surface area contributed by atoms with Gasteiger partial charge in [0, 0.05) is 46.1 Å². The number of methoxy groups -OCH3 is 2. The average molecular weight is 572 g/mol. The first-order valence-corrected chi connectivity index (χ1v) is 13.5. The lowest BCUT2D eigenvalue weighted by atomic mass is 10.2. The van der Waals surface area contributed by atoms with E-state index in [2.05, 4.69) is 16.0 Å². The first-order valence-electron chi connectivity index (χ1n) is 12.6. The Bertz CT molecular complexity index is 1510. The summed E-state index contributed by atoms with van der Waals surface area (Å²) in [6.07, 6.45) is 2.93. The molecule has 0 aliphatic rings. The summed E-state index contributed by atoms with van der Waals surface area (Å²) in [5, 5.41) is 7.90. The third-order valence-corrected chi connectivity index (χ3v) is 6.85. The molecule has 0 saturated heterocycles. The van der Waals surface area contributed by atoms with Crippen molar-refractivity contribution in [3.63, 3.8) is 0 Å². The number of furan rings is 1. The van der Waals surface area contributed by atoms with Crippen molar-refractivity contribution in [3.8, 4) is 11.5 Å². The lowest BCUT2D eigenvalue weighted by Gasteiger charge is -2.15. The zero-order valence-corrected chi connectivity index (χ0v) is 23.5. The quantitative estimate of drug-likeness (QED) is 0.153. The molecule has 1 atom stereocenters. The van der Waals surface area contributed by atoms with Gasteiger partial charge in [-0.1, -0.05) is 24.3 Å². The summed E-state index contributed by atoms with van der Waals surface area (Å²) in [6.45, 7) is 1.78. The second kappa shape index (κ2) is 13.9. The average Bonchev–Trinajstić information content (AvgIpc) is 3.50. The van der Waals surface area contributed by atoms with E-state index in [1.54, 1.807) is 85.8 Å². The van der Waals surface area contributed by atoms with E-state index in [9.17, 15) is 14.4 Å². The van der Waals surface area contributed by atoms with Gasteiger partial charge in [0.15, 0.2) is 0 Å². The number of carbonyl (C=O) groups excluding carboxylic acids is 3. The number of anilines is 2. The Morgan fingerprint density at radius 2 is 1.56 bits per heavy atom. The predicted octanol–water partition coefficient (Wildman–Crippen LogP) is 5.83. The maximum atomic E-state index is 13.2. The van der Waals surface area contributed by atoms with E-state index in [-0.39, 0.29) is 11.6 Å². The number of carbonyl (C=O) groups is 3. The van der Waals surface area contributed by atoms with Gasteiger partial charge in [0.1, 0.15) is 23.0 Å². The maximum Gasteiger partial charge on any atom is 0.272 e. The van der Waals surface area contributed by atoms with Gasteiger partial charge in [-0.15, -0.1) is 11.8 Å². The Balaban J connectivity index is 1.44. The number of amides is 3. The van der Waals surface area contributed by atoms with Gasteiger partial charge in [0.05, 0.1) is 25.7 Å². The van der Waals surface area contributed by atoms with Crippen LogP contribution in [-0.2, 0) is 9.59 Å². The number of nitrogens with one attached hydrogen (secondary N) is 3. The molecular weight excluding hydrogens is 542 g/mol. The SMILES string of the molecule is COc1cc(NC(=O)C(C)Sc2cccc(NC(=O)/C(=C/c3ccco3)NC(=O)c3ccccc3)c2)cc(OC)c1. The summed E-state index contributed by atoms with van der Waals surface area (Å²) in [7, 11) is 3.08. The molecule has 3 amide bonds. The molecule has 3 aromatic carbocycles. The van der Waals surface area contributed by atoms with Crippen molar-refractivity contribution in [1.29, 1.82) is 0 Å². The van der Waals surface area contributed by atoms with Crippen LogP contribution in [0.2, 0.25) is 0 Å². The molecule has 0 radical (unpaired) electrons. The third kappa shape index (κ3) is 8.26. The second-order valence-corrected chi connectivity index (χ2v) is 10.1. The highest BCUT2D eigenvalue weighted by atomic mass is 32.2. The number of hydrogen-bond donors (Lipinski definition) is 3. The molecule has 210 valence electrons. The first-order chi connectivity index (χ1) is 19.8. The molecule has 0 bridgehead atoms. The maximum absolute atomic E-state index is 13.2. The third-order valence-electron chi connectivity index (χ3n) is 5.75. The molecule has 4 aromatic rings. The molecule has 1 heterocycles. The summed E-state index contributed by atoms with van der Waals surface area (Å²) in [6, 6.07) is 24.2. The second-order valence-electron chi connectivity index (χ2n) is 8.73. The Hall–Kier alpha value is -4.96. The van der Waals surface area contributed by atoms with Gasteiger partial charge >= 0.3 is 0 Å². The van der Waals surface area contributed by atoms with Crippen molar-refractivity contribution in [1.82, 2.24) is 5.32 Å². The van der Waals surface area contributed by atoms with Crippen LogP contribution in [0.1, 0.15) is 23.0 Å². The summed E-state index contributed by atoms with van der Waals surface area (Å²) in [4.78, 5) is 39.7. The number of rotatable bonds is 11. The molecule has 0 fully saturated rings. The number of thioether (sulfide) groups is 1. The minimum absolute atomic E-state index is 0.00771. The molecule has 0 aliphatic heterocycles.